The van der Waals surface area contributed by atoms with Gasteiger partial charge in [0.05, 0.1) is 0 Å². The van der Waals surface area contributed by atoms with Crippen LogP contribution in [0.15, 0.2) is 15.8 Å². The normalized spacial score (nSPS) is 21.0. The highest BCUT2D eigenvalue weighted by atomic mass is 16.3. The average Bonchev–Trinajstić information content (AvgIpc) is 2.71. The van der Waals surface area contributed by atoms with Crippen LogP contribution in [0.3, 0.4) is 0 Å². The Morgan fingerprint density at radius 2 is 2.62 bits per heavy atom. The summed E-state index contributed by atoms with van der Waals surface area (Å²) in [6.45, 7) is 1.77. The van der Waals surface area contributed by atoms with E-state index in [-0.39, 0.29) is 6.04 Å². The molecule has 13 heavy (non-hydrogen) atoms. The molecule has 1 aromatic rings. The number of hydrogen-bond acceptors (Lipinski definition) is 4. The molecule has 0 aliphatic carbocycles. The van der Waals surface area contributed by atoms with Crippen molar-refractivity contribution in [2.75, 3.05) is 0 Å². The molecule has 1 amide bonds. The number of hydrazone groups is 1. The minimum absolute atomic E-state index is 0.0880. The molecule has 0 bridgehead atoms. The lowest BCUT2D eigenvalue weighted by atomic mass is 10.2. The predicted molar refractivity (Wildman–Crippen MR) is 45.0 cm³/mol. The summed E-state index contributed by atoms with van der Waals surface area (Å²) >= 11 is 0. The van der Waals surface area contributed by atoms with Gasteiger partial charge in [0, 0.05) is 19.6 Å². The molecule has 0 fully saturated rings. The zero-order valence-electron chi connectivity index (χ0n) is 7.17. The van der Waals surface area contributed by atoms with Crippen molar-refractivity contribution in [2.45, 2.75) is 19.4 Å². The molecular formula is C8H9N3O2. The van der Waals surface area contributed by atoms with Crippen LogP contribution < -0.4 is 0 Å². The maximum atomic E-state index is 10.6. The van der Waals surface area contributed by atoms with Crippen LogP contribution in [0.25, 0.3) is 0 Å². The molecule has 5 nitrogen and oxygen atoms in total. The molecule has 0 saturated heterocycles. The minimum atomic E-state index is -0.0880. The summed E-state index contributed by atoms with van der Waals surface area (Å²) in [6.07, 6.45) is 4.65. The van der Waals surface area contributed by atoms with E-state index in [1.54, 1.807) is 19.4 Å². The fraction of sp³-hybridized carbons (Fsp3) is 0.375. The van der Waals surface area contributed by atoms with Crippen molar-refractivity contribution in [3.63, 3.8) is 0 Å². The Morgan fingerprint density at radius 1 is 1.77 bits per heavy atom. The molecule has 0 saturated carbocycles. The minimum Gasteiger partial charge on any atom is -0.449 e. The monoisotopic (exact) mass is 179 g/mol. The number of aromatic nitrogens is 1. The van der Waals surface area contributed by atoms with Gasteiger partial charge in [0.1, 0.15) is 18.0 Å². The van der Waals surface area contributed by atoms with Gasteiger partial charge in [-0.25, -0.2) is 9.99 Å². The maximum Gasteiger partial charge on any atom is 0.230 e. The van der Waals surface area contributed by atoms with Crippen LogP contribution in [-0.2, 0) is 4.79 Å². The van der Waals surface area contributed by atoms with Gasteiger partial charge in [-0.15, -0.1) is 0 Å². The van der Waals surface area contributed by atoms with Gasteiger partial charge in [0.2, 0.25) is 6.41 Å². The van der Waals surface area contributed by atoms with Crippen LogP contribution in [0.1, 0.15) is 24.0 Å². The number of rotatable bonds is 2. The van der Waals surface area contributed by atoms with Gasteiger partial charge in [0.25, 0.3) is 0 Å². The lowest BCUT2D eigenvalue weighted by molar-refractivity contribution is -0.119. The van der Waals surface area contributed by atoms with E-state index in [0.717, 1.165) is 5.69 Å². The number of nitrogens with zero attached hydrogens (tertiary/aromatic N) is 3. The van der Waals surface area contributed by atoms with Gasteiger partial charge in [0.15, 0.2) is 5.89 Å². The van der Waals surface area contributed by atoms with Crippen LogP contribution in [0.4, 0.5) is 0 Å². The Balaban J connectivity index is 2.22. The molecule has 68 valence electrons. The van der Waals surface area contributed by atoms with Crippen LogP contribution in [0, 0.1) is 6.92 Å². The molecule has 1 aliphatic heterocycles. The summed E-state index contributed by atoms with van der Waals surface area (Å²) in [5.74, 6) is 0.604. The molecule has 0 radical (unpaired) electrons. The lowest BCUT2D eigenvalue weighted by Gasteiger charge is -2.13. The first-order valence-corrected chi connectivity index (χ1v) is 3.99. The topological polar surface area (TPSA) is 58.7 Å². The fourth-order valence-electron chi connectivity index (χ4n) is 1.32. The third-order valence-electron chi connectivity index (χ3n) is 1.95. The van der Waals surface area contributed by atoms with E-state index in [9.17, 15) is 4.79 Å². The Kier molecular flexibility index (Phi) is 1.84. The van der Waals surface area contributed by atoms with E-state index in [0.29, 0.717) is 18.7 Å². The van der Waals surface area contributed by atoms with Crippen LogP contribution in [0.2, 0.25) is 0 Å². The SMILES string of the molecule is Cc1nc(C2CC=NN2C=O)co1. The molecule has 0 N–H and O–H groups in total. The molecular weight excluding hydrogens is 170 g/mol. The van der Waals surface area contributed by atoms with Gasteiger partial charge in [-0.2, -0.15) is 5.10 Å². The van der Waals surface area contributed by atoms with E-state index in [4.69, 9.17) is 4.42 Å². The van der Waals surface area contributed by atoms with Crippen LogP contribution in [-0.4, -0.2) is 22.6 Å². The van der Waals surface area contributed by atoms with Crippen molar-refractivity contribution in [3.05, 3.63) is 17.8 Å². The molecule has 5 heteroatoms. The number of carbonyl (C=O) groups is 1. The standard InChI is InChI=1S/C8H9N3O2/c1-6-10-7(4-13-6)8-2-3-9-11(8)5-12/h3-5,8H,2H2,1H3. The molecule has 1 unspecified atom stereocenters. The lowest BCUT2D eigenvalue weighted by Crippen LogP contribution is -2.17. The summed E-state index contributed by atoms with van der Waals surface area (Å²) in [4.78, 5) is 14.7. The van der Waals surface area contributed by atoms with E-state index < -0.39 is 0 Å². The zero-order valence-corrected chi connectivity index (χ0v) is 7.17. The third kappa shape index (κ3) is 1.32. The predicted octanol–water partition coefficient (Wildman–Crippen LogP) is 0.872. The van der Waals surface area contributed by atoms with E-state index in [1.165, 1.54) is 5.01 Å². The highest BCUT2D eigenvalue weighted by Gasteiger charge is 2.24. The fourth-order valence-corrected chi connectivity index (χ4v) is 1.32. The zero-order chi connectivity index (χ0) is 9.26. The molecule has 2 heterocycles. The number of aryl methyl sites for hydroxylation is 1. The summed E-state index contributed by atoms with van der Waals surface area (Å²) in [6, 6.07) is -0.0880. The smallest absolute Gasteiger partial charge is 0.230 e. The molecule has 1 aromatic heterocycles. The summed E-state index contributed by atoms with van der Waals surface area (Å²) < 4.78 is 5.06. The van der Waals surface area contributed by atoms with Gasteiger partial charge >= 0.3 is 0 Å². The second-order valence-electron chi connectivity index (χ2n) is 2.83. The van der Waals surface area contributed by atoms with E-state index in [2.05, 4.69) is 10.1 Å². The number of carbonyl (C=O) groups excluding carboxylic acids is 1. The van der Waals surface area contributed by atoms with Crippen molar-refractivity contribution >= 4 is 12.6 Å². The van der Waals surface area contributed by atoms with E-state index >= 15 is 0 Å². The summed E-state index contributed by atoms with van der Waals surface area (Å²) in [5.41, 5.74) is 0.752. The van der Waals surface area contributed by atoms with Crippen molar-refractivity contribution in [2.24, 2.45) is 5.10 Å². The Hall–Kier alpha value is -1.65. The maximum absolute atomic E-state index is 10.6. The van der Waals surface area contributed by atoms with Gasteiger partial charge < -0.3 is 4.42 Å². The number of oxazole rings is 1. The molecule has 0 aromatic carbocycles. The first-order valence-electron chi connectivity index (χ1n) is 3.99. The molecule has 1 atom stereocenters. The van der Waals surface area contributed by atoms with Crippen molar-refractivity contribution < 1.29 is 9.21 Å². The second kappa shape index (κ2) is 3.01. The van der Waals surface area contributed by atoms with Gasteiger partial charge in [-0.05, 0) is 0 Å². The Labute approximate surface area is 75.1 Å². The van der Waals surface area contributed by atoms with Crippen LogP contribution in [0.5, 0.6) is 0 Å². The van der Waals surface area contributed by atoms with Crippen molar-refractivity contribution in [1.29, 1.82) is 0 Å². The average molecular weight is 179 g/mol. The number of amides is 1. The first kappa shape index (κ1) is 7.97. The molecule has 2 rings (SSSR count). The largest absolute Gasteiger partial charge is 0.449 e. The first-order chi connectivity index (χ1) is 6.31. The summed E-state index contributed by atoms with van der Waals surface area (Å²) in [7, 11) is 0. The second-order valence-corrected chi connectivity index (χ2v) is 2.83. The molecule has 0 spiro atoms. The quantitative estimate of drug-likeness (QED) is 0.633. The number of hydrogen-bond donors (Lipinski definition) is 0. The van der Waals surface area contributed by atoms with Crippen molar-refractivity contribution in [3.8, 4) is 0 Å². The van der Waals surface area contributed by atoms with Gasteiger partial charge in [-0.3, -0.25) is 4.79 Å². The van der Waals surface area contributed by atoms with E-state index in [1.807, 2.05) is 0 Å². The van der Waals surface area contributed by atoms with Crippen LogP contribution >= 0.6 is 0 Å². The Bertz CT molecular complexity index is 345. The molecule has 1 aliphatic rings. The Morgan fingerprint density at radius 3 is 3.23 bits per heavy atom. The summed E-state index contributed by atoms with van der Waals surface area (Å²) in [5, 5.41) is 5.22. The van der Waals surface area contributed by atoms with Gasteiger partial charge in [-0.1, -0.05) is 0 Å². The highest BCUT2D eigenvalue weighted by molar-refractivity contribution is 5.65. The third-order valence-corrected chi connectivity index (χ3v) is 1.95. The van der Waals surface area contributed by atoms with Crippen molar-refractivity contribution in [1.82, 2.24) is 9.99 Å². The highest BCUT2D eigenvalue weighted by Crippen LogP contribution is 2.25.